The zero-order chi connectivity index (χ0) is 13.8. The molecule has 3 nitrogen and oxygen atoms in total. The fourth-order valence-corrected chi connectivity index (χ4v) is 2.42. The van der Waals surface area contributed by atoms with Gasteiger partial charge in [-0.2, -0.15) is 0 Å². The van der Waals surface area contributed by atoms with Crippen molar-refractivity contribution in [2.75, 3.05) is 0 Å². The quantitative estimate of drug-likeness (QED) is 0.769. The molecule has 100 valence electrons. The van der Waals surface area contributed by atoms with Crippen molar-refractivity contribution in [3.05, 3.63) is 53.1 Å². The number of aryl methyl sites for hydroxylation is 3. The lowest BCUT2D eigenvalue weighted by Crippen LogP contribution is -2.12. The first-order valence-electron chi connectivity index (χ1n) is 6.71. The number of Topliss-reactive ketones (excluding diaryl/α,β-unsaturated/α-hetero) is 1. The van der Waals surface area contributed by atoms with Gasteiger partial charge in [-0.25, -0.2) is 4.98 Å². The summed E-state index contributed by atoms with van der Waals surface area (Å²) in [5, 5.41) is 0. The van der Waals surface area contributed by atoms with Gasteiger partial charge in [-0.1, -0.05) is 36.2 Å². The number of benzene rings is 1. The third-order valence-electron chi connectivity index (χ3n) is 3.08. The van der Waals surface area contributed by atoms with E-state index < -0.39 is 0 Å². The normalized spacial score (nSPS) is 10.7. The summed E-state index contributed by atoms with van der Waals surface area (Å²) in [4.78, 5) is 16.5. The van der Waals surface area contributed by atoms with Gasteiger partial charge >= 0.3 is 0 Å². The minimum absolute atomic E-state index is 0.0865. The molecule has 0 amide bonds. The molecule has 0 unspecified atom stereocenters. The van der Waals surface area contributed by atoms with Crippen LogP contribution >= 0.6 is 0 Å². The zero-order valence-electron chi connectivity index (χ0n) is 11.8. The Bertz CT molecular complexity index is 564. The summed E-state index contributed by atoms with van der Waals surface area (Å²) >= 11 is 0. The minimum Gasteiger partial charge on any atom is -0.329 e. The smallest absolute Gasteiger partial charge is 0.202 e. The van der Waals surface area contributed by atoms with E-state index in [1.165, 1.54) is 11.1 Å². The largest absolute Gasteiger partial charge is 0.329 e. The zero-order valence-corrected chi connectivity index (χ0v) is 11.8. The third kappa shape index (κ3) is 3.31. The van der Waals surface area contributed by atoms with Gasteiger partial charge < -0.3 is 4.57 Å². The molecule has 0 saturated carbocycles. The molecule has 0 radical (unpaired) electrons. The van der Waals surface area contributed by atoms with Crippen molar-refractivity contribution in [3.63, 3.8) is 0 Å². The molecule has 0 fully saturated rings. The maximum atomic E-state index is 12.3. The first-order chi connectivity index (χ1) is 9.10. The molecule has 1 aromatic carbocycles. The Morgan fingerprint density at radius 3 is 2.53 bits per heavy atom. The second-order valence-electron chi connectivity index (χ2n) is 5.04. The molecule has 0 aliphatic carbocycles. The van der Waals surface area contributed by atoms with Crippen LogP contribution in [0.4, 0.5) is 0 Å². The molecular formula is C16H20N2O. The van der Waals surface area contributed by atoms with Crippen LogP contribution in [0, 0.1) is 13.8 Å². The number of hydrogen-bond donors (Lipinski definition) is 0. The van der Waals surface area contributed by atoms with Crippen molar-refractivity contribution in [2.24, 2.45) is 0 Å². The molecule has 0 spiro atoms. The second-order valence-corrected chi connectivity index (χ2v) is 5.04. The highest BCUT2D eigenvalue weighted by Gasteiger charge is 2.13. The highest BCUT2D eigenvalue weighted by atomic mass is 16.1. The van der Waals surface area contributed by atoms with Crippen LogP contribution in [-0.2, 0) is 13.0 Å². The van der Waals surface area contributed by atoms with E-state index in [-0.39, 0.29) is 5.78 Å². The van der Waals surface area contributed by atoms with Gasteiger partial charge in [0.2, 0.25) is 5.78 Å². The van der Waals surface area contributed by atoms with Gasteiger partial charge in [0.05, 0.1) is 0 Å². The van der Waals surface area contributed by atoms with Crippen molar-refractivity contribution >= 4 is 5.78 Å². The fourth-order valence-electron chi connectivity index (χ4n) is 2.42. The van der Waals surface area contributed by atoms with Crippen LogP contribution in [-0.4, -0.2) is 15.3 Å². The average Bonchev–Trinajstić information content (AvgIpc) is 2.76. The number of imidazole rings is 1. The summed E-state index contributed by atoms with van der Waals surface area (Å²) in [5.41, 5.74) is 3.45. The molecular weight excluding hydrogens is 236 g/mol. The van der Waals surface area contributed by atoms with Crippen molar-refractivity contribution < 1.29 is 4.79 Å². The van der Waals surface area contributed by atoms with E-state index in [1.54, 1.807) is 6.20 Å². The maximum absolute atomic E-state index is 12.3. The molecule has 0 saturated heterocycles. The lowest BCUT2D eigenvalue weighted by molar-refractivity contribution is 0.0979. The van der Waals surface area contributed by atoms with Crippen molar-refractivity contribution in [1.82, 2.24) is 9.55 Å². The molecule has 2 aromatic rings. The number of rotatable bonds is 5. The maximum Gasteiger partial charge on any atom is 0.202 e. The topological polar surface area (TPSA) is 34.9 Å². The lowest BCUT2D eigenvalue weighted by Gasteiger charge is -2.07. The number of nitrogens with zero attached hydrogens (tertiary/aromatic N) is 2. The molecule has 0 N–H and O–H groups in total. The number of aromatic nitrogens is 2. The van der Waals surface area contributed by atoms with E-state index >= 15 is 0 Å². The number of carbonyl (C=O) groups excluding carboxylic acids is 1. The molecule has 0 aliphatic heterocycles. The van der Waals surface area contributed by atoms with Gasteiger partial charge in [0.1, 0.15) is 0 Å². The molecule has 19 heavy (non-hydrogen) atoms. The van der Waals surface area contributed by atoms with Gasteiger partial charge in [0.15, 0.2) is 5.82 Å². The predicted octanol–water partition coefficient (Wildman–Crippen LogP) is 3.34. The van der Waals surface area contributed by atoms with Gasteiger partial charge in [-0.05, 0) is 25.8 Å². The predicted molar refractivity (Wildman–Crippen MR) is 76.5 cm³/mol. The number of ketones is 1. The van der Waals surface area contributed by atoms with Crippen LogP contribution < -0.4 is 0 Å². The Kier molecular flexibility index (Phi) is 4.15. The second kappa shape index (κ2) is 5.83. The molecule has 1 aromatic heterocycles. The molecule has 1 heterocycles. The van der Waals surface area contributed by atoms with E-state index in [9.17, 15) is 4.79 Å². The van der Waals surface area contributed by atoms with Crippen LogP contribution in [0.3, 0.4) is 0 Å². The molecule has 0 aliphatic rings. The Morgan fingerprint density at radius 2 is 1.89 bits per heavy atom. The van der Waals surface area contributed by atoms with E-state index in [0.29, 0.717) is 12.2 Å². The van der Waals surface area contributed by atoms with Crippen LogP contribution in [0.2, 0.25) is 0 Å². The molecule has 0 atom stereocenters. The van der Waals surface area contributed by atoms with Crippen LogP contribution in [0.5, 0.6) is 0 Å². The van der Waals surface area contributed by atoms with Crippen LogP contribution in [0.25, 0.3) is 0 Å². The highest BCUT2D eigenvalue weighted by Crippen LogP contribution is 2.12. The lowest BCUT2D eigenvalue weighted by atomic mass is 10.0. The monoisotopic (exact) mass is 256 g/mol. The SMILES string of the molecule is CCCn1ccnc1C(=O)Cc1cc(C)cc(C)c1. The van der Waals surface area contributed by atoms with Crippen LogP contribution in [0.15, 0.2) is 30.6 Å². The van der Waals surface area contributed by atoms with E-state index in [4.69, 9.17) is 0 Å². The van der Waals surface area contributed by atoms with E-state index in [0.717, 1.165) is 18.5 Å². The minimum atomic E-state index is 0.0865. The van der Waals surface area contributed by atoms with E-state index in [1.807, 2.05) is 10.8 Å². The van der Waals surface area contributed by atoms with Gasteiger partial charge in [-0.15, -0.1) is 0 Å². The Balaban J connectivity index is 2.18. The van der Waals surface area contributed by atoms with Crippen molar-refractivity contribution in [1.29, 1.82) is 0 Å². The average molecular weight is 256 g/mol. The van der Waals surface area contributed by atoms with E-state index in [2.05, 4.69) is 44.0 Å². The summed E-state index contributed by atoms with van der Waals surface area (Å²) in [6, 6.07) is 6.25. The highest BCUT2D eigenvalue weighted by molar-refractivity contribution is 5.94. The first-order valence-corrected chi connectivity index (χ1v) is 6.71. The Hall–Kier alpha value is -1.90. The van der Waals surface area contributed by atoms with Crippen molar-refractivity contribution in [2.45, 2.75) is 40.2 Å². The van der Waals surface area contributed by atoms with Crippen LogP contribution in [0.1, 0.15) is 40.7 Å². The third-order valence-corrected chi connectivity index (χ3v) is 3.08. The molecule has 3 heteroatoms. The standard InChI is InChI=1S/C16H20N2O/c1-4-6-18-7-5-17-16(18)15(19)11-14-9-12(2)8-13(3)10-14/h5,7-10H,4,6,11H2,1-3H3. The summed E-state index contributed by atoms with van der Waals surface area (Å²) < 4.78 is 1.94. The first kappa shape index (κ1) is 13.5. The Morgan fingerprint density at radius 1 is 1.21 bits per heavy atom. The number of hydrogen-bond acceptors (Lipinski definition) is 2. The summed E-state index contributed by atoms with van der Waals surface area (Å²) in [6.45, 7) is 7.05. The molecule has 0 bridgehead atoms. The fraction of sp³-hybridized carbons (Fsp3) is 0.375. The summed E-state index contributed by atoms with van der Waals surface area (Å²) in [7, 11) is 0. The van der Waals surface area contributed by atoms with Crippen molar-refractivity contribution in [3.8, 4) is 0 Å². The van der Waals surface area contributed by atoms with Gasteiger partial charge in [0, 0.05) is 25.4 Å². The summed E-state index contributed by atoms with van der Waals surface area (Å²) in [5.74, 6) is 0.657. The Labute approximate surface area is 114 Å². The summed E-state index contributed by atoms with van der Waals surface area (Å²) in [6.07, 6.45) is 4.99. The number of carbonyl (C=O) groups is 1. The van der Waals surface area contributed by atoms with Gasteiger partial charge in [-0.3, -0.25) is 4.79 Å². The van der Waals surface area contributed by atoms with Gasteiger partial charge in [0.25, 0.3) is 0 Å². The molecule has 2 rings (SSSR count).